The molecule has 0 radical (unpaired) electrons. The normalized spacial score (nSPS) is 12.6. The van der Waals surface area contributed by atoms with Gasteiger partial charge in [-0.3, -0.25) is 9.59 Å². The van der Waals surface area contributed by atoms with Crippen LogP contribution in [-0.2, 0) is 19.1 Å². The van der Waals surface area contributed by atoms with E-state index >= 15 is 0 Å². The zero-order chi connectivity index (χ0) is 49.5. The maximum Gasteiger partial charge on any atom is 0.305 e. The fourth-order valence-corrected chi connectivity index (χ4v) is 9.77. The van der Waals surface area contributed by atoms with Crippen molar-refractivity contribution in [2.75, 3.05) is 59.5 Å². The molecule has 0 aliphatic rings. The average Bonchev–Trinajstić information content (AvgIpc) is 3.34. The fraction of sp³-hybridized carbons (Fsp3) is 0.967. The van der Waals surface area contributed by atoms with Gasteiger partial charge < -0.3 is 25.0 Å². The van der Waals surface area contributed by atoms with Crippen LogP contribution in [0.1, 0.15) is 310 Å². The Bertz CT molecular complexity index is 921. The highest BCUT2D eigenvalue weighted by atomic mass is 16.5. The molecular weight excluding hydrogens is 839 g/mol. The lowest BCUT2D eigenvalue weighted by atomic mass is 9.95. The average molecular weight is 963 g/mol. The van der Waals surface area contributed by atoms with E-state index in [1.54, 1.807) is 0 Å². The van der Waals surface area contributed by atoms with Crippen molar-refractivity contribution in [3.63, 3.8) is 0 Å². The molecule has 2 N–H and O–H groups in total. The van der Waals surface area contributed by atoms with E-state index in [4.69, 9.17) is 9.47 Å². The molecule has 0 saturated carbocycles. The summed E-state index contributed by atoms with van der Waals surface area (Å²) in [6.45, 7) is 17.3. The predicted molar refractivity (Wildman–Crippen MR) is 298 cm³/mol. The summed E-state index contributed by atoms with van der Waals surface area (Å²) in [6, 6.07) is 0. The van der Waals surface area contributed by atoms with Crippen molar-refractivity contribution in [1.82, 2.24) is 15.5 Å². The summed E-state index contributed by atoms with van der Waals surface area (Å²) in [5.41, 5.74) is 0. The van der Waals surface area contributed by atoms with Gasteiger partial charge >= 0.3 is 11.9 Å². The van der Waals surface area contributed by atoms with E-state index in [1.807, 2.05) is 0 Å². The monoisotopic (exact) mass is 962 g/mol. The first kappa shape index (κ1) is 66.8. The van der Waals surface area contributed by atoms with E-state index in [2.05, 4.69) is 50.3 Å². The van der Waals surface area contributed by atoms with Gasteiger partial charge in [0.2, 0.25) is 0 Å². The van der Waals surface area contributed by atoms with Gasteiger partial charge in [-0.05, 0) is 135 Å². The van der Waals surface area contributed by atoms with E-state index in [-0.39, 0.29) is 11.9 Å². The van der Waals surface area contributed by atoms with Crippen LogP contribution in [0.4, 0.5) is 0 Å². The number of carbonyl (C=O) groups excluding carboxylic acids is 2. The molecule has 2 unspecified atom stereocenters. The number of ether oxygens (including phenoxy) is 2. The lowest BCUT2D eigenvalue weighted by Crippen LogP contribution is -2.20. The number of nitrogens with one attached hydrogen (secondary N) is 2. The van der Waals surface area contributed by atoms with Crippen molar-refractivity contribution < 1.29 is 19.1 Å². The van der Waals surface area contributed by atoms with Gasteiger partial charge in [-0.2, -0.15) is 0 Å². The van der Waals surface area contributed by atoms with E-state index in [9.17, 15) is 9.59 Å². The maximum atomic E-state index is 12.5. The summed E-state index contributed by atoms with van der Waals surface area (Å²) < 4.78 is 11.6. The lowest BCUT2D eigenvalue weighted by Gasteiger charge is -2.17. The topological polar surface area (TPSA) is 79.9 Å². The standard InChI is InChI=1S/C61H123N3O4/c1-6-10-14-18-24-34-46-58(44-32-16-12-8-3)56-67-60(65)48-36-30-40-52-62-50-38-26-20-22-28-42-54-64(5)55-43-29-23-21-27-39-51-63-53-41-31-37-49-61(66)68-57-59(45-33-17-13-9-4)47-35-25-19-15-11-7-2/h58-59,62-63H,6-57H2,1-5H3. The first-order valence-electron chi connectivity index (χ1n) is 30.9. The van der Waals surface area contributed by atoms with Crippen LogP contribution in [0.3, 0.4) is 0 Å². The van der Waals surface area contributed by atoms with Crippen LogP contribution in [0.5, 0.6) is 0 Å². The summed E-state index contributed by atoms with van der Waals surface area (Å²) in [5.74, 6) is 1.16. The zero-order valence-corrected chi connectivity index (χ0v) is 47.0. The summed E-state index contributed by atoms with van der Waals surface area (Å²) in [5, 5.41) is 7.26. The van der Waals surface area contributed by atoms with Crippen molar-refractivity contribution >= 4 is 11.9 Å². The Hall–Kier alpha value is -1.18. The molecule has 0 saturated heterocycles. The summed E-state index contributed by atoms with van der Waals surface area (Å²) >= 11 is 0. The van der Waals surface area contributed by atoms with E-state index in [1.165, 1.54) is 244 Å². The van der Waals surface area contributed by atoms with Crippen molar-refractivity contribution in [1.29, 1.82) is 0 Å². The van der Waals surface area contributed by atoms with Gasteiger partial charge in [0.15, 0.2) is 0 Å². The number of hydrogen-bond donors (Lipinski definition) is 2. The molecule has 0 aliphatic heterocycles. The van der Waals surface area contributed by atoms with Crippen molar-refractivity contribution in [3.8, 4) is 0 Å². The number of unbranched alkanes of at least 4 members (excludes halogenated alkanes) is 30. The van der Waals surface area contributed by atoms with E-state index < -0.39 is 0 Å². The Labute approximate surface area is 426 Å². The Kier molecular flexibility index (Phi) is 55.7. The molecule has 0 bridgehead atoms. The highest BCUT2D eigenvalue weighted by molar-refractivity contribution is 5.69. The molecule has 0 aromatic carbocycles. The molecule has 0 aromatic rings. The van der Waals surface area contributed by atoms with Gasteiger partial charge in [0, 0.05) is 12.8 Å². The van der Waals surface area contributed by atoms with Crippen LogP contribution in [0.2, 0.25) is 0 Å². The van der Waals surface area contributed by atoms with E-state index in [0.717, 1.165) is 64.7 Å². The molecule has 0 amide bonds. The Morgan fingerprint density at radius 1 is 0.338 bits per heavy atom. The molecule has 0 heterocycles. The van der Waals surface area contributed by atoms with Gasteiger partial charge in [-0.1, -0.05) is 220 Å². The molecule has 0 rings (SSSR count). The van der Waals surface area contributed by atoms with Crippen LogP contribution in [0, 0.1) is 11.8 Å². The first-order valence-corrected chi connectivity index (χ1v) is 30.9. The van der Waals surface area contributed by atoms with Crippen molar-refractivity contribution in [3.05, 3.63) is 0 Å². The molecule has 406 valence electrons. The number of rotatable bonds is 58. The number of carbonyl (C=O) groups is 2. The Balaban J connectivity index is 3.59. The van der Waals surface area contributed by atoms with Crippen LogP contribution in [0.15, 0.2) is 0 Å². The predicted octanol–water partition coefficient (Wildman–Crippen LogP) is 17.7. The van der Waals surface area contributed by atoms with Crippen LogP contribution in [-0.4, -0.2) is 76.4 Å². The molecule has 7 nitrogen and oxygen atoms in total. The quantitative estimate of drug-likeness (QED) is 0.0464. The van der Waals surface area contributed by atoms with Crippen molar-refractivity contribution in [2.45, 2.75) is 310 Å². The van der Waals surface area contributed by atoms with Gasteiger partial charge in [0.1, 0.15) is 0 Å². The van der Waals surface area contributed by atoms with Gasteiger partial charge in [0.25, 0.3) is 0 Å². The molecule has 0 aliphatic carbocycles. The van der Waals surface area contributed by atoms with Crippen molar-refractivity contribution in [2.24, 2.45) is 11.8 Å². The highest BCUT2D eigenvalue weighted by Crippen LogP contribution is 2.22. The SMILES string of the molecule is CCCCCCCCC(CCCCCC)COC(=O)CCCCCNCCCCCCCCN(C)CCCCCCCCNCCCCCC(=O)OCC(CCCCCC)CCCCCCCC. The maximum absolute atomic E-state index is 12.5. The Morgan fingerprint density at radius 3 is 0.912 bits per heavy atom. The number of hydrogen-bond acceptors (Lipinski definition) is 7. The minimum absolute atomic E-state index is 0.0218. The zero-order valence-electron chi connectivity index (χ0n) is 47.0. The minimum atomic E-state index is 0.0218. The highest BCUT2D eigenvalue weighted by Gasteiger charge is 2.14. The summed E-state index contributed by atoms with van der Waals surface area (Å²) in [7, 11) is 2.31. The van der Waals surface area contributed by atoms with Gasteiger partial charge in [-0.15, -0.1) is 0 Å². The number of nitrogens with zero attached hydrogens (tertiary/aromatic N) is 1. The second-order valence-electron chi connectivity index (χ2n) is 21.6. The lowest BCUT2D eigenvalue weighted by molar-refractivity contribution is -0.146. The van der Waals surface area contributed by atoms with E-state index in [0.29, 0.717) is 37.9 Å². The summed E-state index contributed by atoms with van der Waals surface area (Å²) in [6.07, 6.45) is 55.0. The molecule has 68 heavy (non-hydrogen) atoms. The summed E-state index contributed by atoms with van der Waals surface area (Å²) in [4.78, 5) is 27.5. The second-order valence-corrected chi connectivity index (χ2v) is 21.6. The molecule has 0 spiro atoms. The third-order valence-electron chi connectivity index (χ3n) is 14.6. The third kappa shape index (κ3) is 52.6. The van der Waals surface area contributed by atoms with Gasteiger partial charge in [-0.25, -0.2) is 0 Å². The second kappa shape index (κ2) is 56.7. The smallest absolute Gasteiger partial charge is 0.305 e. The van der Waals surface area contributed by atoms with Crippen LogP contribution >= 0.6 is 0 Å². The molecule has 0 aromatic heterocycles. The number of esters is 2. The molecule has 0 fully saturated rings. The molecule has 2 atom stereocenters. The third-order valence-corrected chi connectivity index (χ3v) is 14.6. The van der Waals surface area contributed by atoms with Crippen LogP contribution in [0.25, 0.3) is 0 Å². The first-order chi connectivity index (χ1) is 33.5. The Morgan fingerprint density at radius 2 is 0.588 bits per heavy atom. The minimum Gasteiger partial charge on any atom is -0.465 e. The largest absolute Gasteiger partial charge is 0.465 e. The molecule has 7 heteroatoms. The van der Waals surface area contributed by atoms with Crippen LogP contribution < -0.4 is 10.6 Å². The fourth-order valence-electron chi connectivity index (χ4n) is 9.77. The molecular formula is C61H123N3O4. The van der Waals surface area contributed by atoms with Gasteiger partial charge in [0.05, 0.1) is 13.2 Å².